The lowest BCUT2D eigenvalue weighted by Gasteiger charge is -2.23. The molecule has 2 aliphatic carbocycles. The Balaban J connectivity index is 1.59. The molecule has 4 atom stereocenters. The van der Waals surface area contributed by atoms with Crippen LogP contribution in [0.3, 0.4) is 0 Å². The molecule has 0 heterocycles. The van der Waals surface area contributed by atoms with Gasteiger partial charge in [0, 0.05) is 0 Å². The van der Waals surface area contributed by atoms with Gasteiger partial charge in [0.05, 0.1) is 16.7 Å². The van der Waals surface area contributed by atoms with Crippen LogP contribution in [0.5, 0.6) is 0 Å². The molecule has 3 amide bonds. The number of carboxylic acid groups (broad SMARTS) is 1. The van der Waals surface area contributed by atoms with Gasteiger partial charge in [-0.1, -0.05) is 29.8 Å². The molecule has 2 aliphatic rings. The zero-order valence-corrected chi connectivity index (χ0v) is 15.2. The van der Waals surface area contributed by atoms with Crippen molar-refractivity contribution in [2.45, 2.75) is 18.2 Å². The maximum absolute atomic E-state index is 12.3. The summed E-state index contributed by atoms with van der Waals surface area (Å²) in [6, 6.07) is 4.73. The van der Waals surface area contributed by atoms with E-state index >= 15 is 0 Å². The summed E-state index contributed by atoms with van der Waals surface area (Å²) in [6.07, 6.45) is 4.17. The third kappa shape index (κ3) is 3.80. The van der Waals surface area contributed by atoms with Crippen LogP contribution in [0.25, 0.3) is 0 Å². The number of carbonyl (C=O) groups excluding carboxylic acids is 2. The van der Waals surface area contributed by atoms with Crippen LogP contribution in [0.1, 0.15) is 12.0 Å². The summed E-state index contributed by atoms with van der Waals surface area (Å²) in [5.41, 5.74) is 4.94. The van der Waals surface area contributed by atoms with E-state index in [-0.39, 0.29) is 16.7 Å². The van der Waals surface area contributed by atoms with E-state index < -0.39 is 39.8 Å². The number of amides is 3. The molecule has 0 spiro atoms. The third-order valence-corrected chi connectivity index (χ3v) is 6.25. The molecule has 2 bridgehead atoms. The molecular formula is C17H19N3O6S. The first-order valence-corrected chi connectivity index (χ1v) is 9.78. The summed E-state index contributed by atoms with van der Waals surface area (Å²) < 4.78 is 26.0. The van der Waals surface area contributed by atoms with Gasteiger partial charge in [-0.3, -0.25) is 15.0 Å². The number of rotatable bonds is 4. The zero-order valence-electron chi connectivity index (χ0n) is 14.4. The minimum Gasteiger partial charge on any atom is -0.481 e. The smallest absolute Gasteiger partial charge is 0.347 e. The zero-order chi connectivity index (χ0) is 19.8. The van der Waals surface area contributed by atoms with Crippen LogP contribution in [-0.4, -0.2) is 31.4 Å². The second-order valence-corrected chi connectivity index (χ2v) is 8.38. The number of carboxylic acids is 1. The highest BCUT2D eigenvalue weighted by molar-refractivity contribution is 7.90. The van der Waals surface area contributed by atoms with E-state index in [1.54, 1.807) is 35.9 Å². The molecule has 0 saturated heterocycles. The maximum Gasteiger partial charge on any atom is 0.347 e. The molecule has 9 nitrogen and oxygen atoms in total. The first kappa shape index (κ1) is 18.9. The van der Waals surface area contributed by atoms with E-state index in [1.165, 1.54) is 12.1 Å². The van der Waals surface area contributed by atoms with Crippen LogP contribution in [-0.2, 0) is 19.6 Å². The van der Waals surface area contributed by atoms with Crippen LogP contribution in [0.15, 0.2) is 41.3 Å². The Morgan fingerprint density at radius 1 is 1.00 bits per heavy atom. The third-order valence-electron chi connectivity index (χ3n) is 4.90. The molecule has 0 aromatic heterocycles. The summed E-state index contributed by atoms with van der Waals surface area (Å²) >= 11 is 0. The summed E-state index contributed by atoms with van der Waals surface area (Å²) in [4.78, 5) is 35.5. The number of hydrogen-bond donors (Lipinski definition) is 4. The number of urea groups is 1. The first-order chi connectivity index (χ1) is 12.7. The van der Waals surface area contributed by atoms with Crippen LogP contribution in [0.4, 0.5) is 4.79 Å². The Morgan fingerprint density at radius 3 is 2.19 bits per heavy atom. The second kappa shape index (κ2) is 7.03. The van der Waals surface area contributed by atoms with E-state index in [2.05, 4.69) is 5.43 Å². The number of nitrogens with one attached hydrogen (secondary N) is 3. The van der Waals surface area contributed by atoms with Gasteiger partial charge in [-0.15, -0.1) is 0 Å². The monoisotopic (exact) mass is 393 g/mol. The van der Waals surface area contributed by atoms with Crippen LogP contribution in [0.2, 0.25) is 0 Å². The second-order valence-electron chi connectivity index (χ2n) is 6.70. The van der Waals surface area contributed by atoms with Crippen LogP contribution >= 0.6 is 0 Å². The summed E-state index contributed by atoms with van der Waals surface area (Å²) in [6.45, 7) is 1.79. The number of aryl methyl sites for hydroxylation is 1. The Hall–Kier alpha value is -2.88. The van der Waals surface area contributed by atoms with Gasteiger partial charge in [-0.05, 0) is 37.3 Å². The fourth-order valence-electron chi connectivity index (χ4n) is 3.64. The molecule has 3 rings (SSSR count). The van der Waals surface area contributed by atoms with Crippen molar-refractivity contribution in [1.29, 1.82) is 0 Å². The van der Waals surface area contributed by atoms with Crippen molar-refractivity contribution in [1.82, 2.24) is 15.6 Å². The largest absolute Gasteiger partial charge is 0.481 e. The highest BCUT2D eigenvalue weighted by Crippen LogP contribution is 2.48. The fraction of sp³-hybridized carbons (Fsp3) is 0.353. The predicted molar refractivity (Wildman–Crippen MR) is 93.5 cm³/mol. The number of carbonyl (C=O) groups is 3. The van der Waals surface area contributed by atoms with Gasteiger partial charge >= 0.3 is 12.0 Å². The number of sulfonamides is 1. The van der Waals surface area contributed by atoms with E-state index in [4.69, 9.17) is 0 Å². The SMILES string of the molecule is Cc1ccc(S(=O)(=O)NC(=O)NNC(=O)C2C3C=CC(C3)C2C(=O)O)cc1. The lowest BCUT2D eigenvalue weighted by molar-refractivity contribution is -0.147. The summed E-state index contributed by atoms with van der Waals surface area (Å²) in [5.74, 6) is -3.83. The molecule has 1 aromatic carbocycles. The van der Waals surface area contributed by atoms with Crippen molar-refractivity contribution >= 4 is 27.9 Å². The van der Waals surface area contributed by atoms with E-state index in [9.17, 15) is 27.9 Å². The van der Waals surface area contributed by atoms with Crippen molar-refractivity contribution in [2.75, 3.05) is 0 Å². The Morgan fingerprint density at radius 2 is 1.59 bits per heavy atom. The molecule has 1 fully saturated rings. The molecule has 10 heteroatoms. The molecule has 4 N–H and O–H groups in total. The van der Waals surface area contributed by atoms with E-state index in [0.29, 0.717) is 6.42 Å². The average Bonchev–Trinajstić information content (AvgIpc) is 3.21. The minimum absolute atomic E-state index is 0.0984. The van der Waals surface area contributed by atoms with Crippen molar-refractivity contribution < 1.29 is 27.9 Å². The number of aliphatic carboxylic acids is 1. The number of benzene rings is 1. The van der Waals surface area contributed by atoms with Crippen molar-refractivity contribution in [2.24, 2.45) is 23.7 Å². The number of hydrazine groups is 1. The Kier molecular flexibility index (Phi) is 4.92. The highest BCUT2D eigenvalue weighted by atomic mass is 32.2. The van der Waals surface area contributed by atoms with Gasteiger partial charge in [-0.2, -0.15) is 0 Å². The first-order valence-electron chi connectivity index (χ1n) is 8.29. The molecule has 0 aliphatic heterocycles. The van der Waals surface area contributed by atoms with Crippen LogP contribution in [0, 0.1) is 30.6 Å². The predicted octanol–water partition coefficient (Wildman–Crippen LogP) is 0.537. The van der Waals surface area contributed by atoms with Gasteiger partial charge in [0.25, 0.3) is 10.0 Å². The quantitative estimate of drug-likeness (QED) is 0.434. The van der Waals surface area contributed by atoms with Gasteiger partial charge in [0.2, 0.25) is 5.91 Å². The minimum atomic E-state index is -4.09. The Bertz CT molecular complexity index is 909. The topological polar surface area (TPSA) is 142 Å². The van der Waals surface area contributed by atoms with Gasteiger partial charge in [0.15, 0.2) is 0 Å². The number of hydrogen-bond acceptors (Lipinski definition) is 5. The lowest BCUT2D eigenvalue weighted by atomic mass is 9.82. The molecule has 144 valence electrons. The Labute approximate surface area is 155 Å². The summed E-state index contributed by atoms with van der Waals surface area (Å²) in [7, 11) is -4.09. The lowest BCUT2D eigenvalue weighted by Crippen LogP contribution is -2.52. The summed E-state index contributed by atoms with van der Waals surface area (Å²) in [5, 5.41) is 9.34. The average molecular weight is 393 g/mol. The van der Waals surface area contributed by atoms with E-state index in [0.717, 1.165) is 5.56 Å². The number of allylic oxidation sites excluding steroid dienone is 2. The van der Waals surface area contributed by atoms with Gasteiger partial charge < -0.3 is 5.11 Å². The van der Waals surface area contributed by atoms with Crippen molar-refractivity contribution in [3.05, 3.63) is 42.0 Å². The molecule has 1 aromatic rings. The van der Waals surface area contributed by atoms with Crippen LogP contribution < -0.4 is 15.6 Å². The van der Waals surface area contributed by atoms with Crippen molar-refractivity contribution in [3.63, 3.8) is 0 Å². The van der Waals surface area contributed by atoms with E-state index in [1.807, 2.05) is 5.43 Å². The molecule has 4 unspecified atom stereocenters. The maximum atomic E-state index is 12.3. The molecule has 27 heavy (non-hydrogen) atoms. The number of fused-ring (bicyclic) bond motifs is 2. The van der Waals surface area contributed by atoms with Gasteiger partial charge in [0.1, 0.15) is 0 Å². The standard InChI is InChI=1S/C17H19N3O6S/c1-9-2-6-12(7-3-9)27(25,26)20-17(24)19-18-15(21)13-10-4-5-11(8-10)14(13)16(22)23/h2-7,10-11,13-14H,8H2,1H3,(H,18,21)(H,22,23)(H2,19,20,24). The van der Waals surface area contributed by atoms with Crippen molar-refractivity contribution in [3.8, 4) is 0 Å². The molecule has 0 radical (unpaired) electrons. The fourth-order valence-corrected chi connectivity index (χ4v) is 4.55. The molecule has 1 saturated carbocycles. The normalized spacial score (nSPS) is 25.8. The van der Waals surface area contributed by atoms with Gasteiger partial charge in [-0.25, -0.2) is 23.4 Å². The highest BCUT2D eigenvalue weighted by Gasteiger charge is 2.51. The molecular weight excluding hydrogens is 374 g/mol.